The molecule has 0 saturated heterocycles. The van der Waals surface area contributed by atoms with Gasteiger partial charge in [0.2, 0.25) is 0 Å². The van der Waals surface area contributed by atoms with Crippen molar-refractivity contribution in [2.45, 2.75) is 19.8 Å². The first-order chi connectivity index (χ1) is 32.4. The Hall–Kier alpha value is -5.14. The summed E-state index contributed by atoms with van der Waals surface area (Å²) in [6.07, 6.45) is 0. The highest BCUT2D eigenvalue weighted by Gasteiger charge is 2.33. The Morgan fingerprint density at radius 3 is 1.27 bits per heavy atom. The van der Waals surface area contributed by atoms with Crippen molar-refractivity contribution in [3.8, 4) is 53.3 Å². The van der Waals surface area contributed by atoms with Gasteiger partial charge in [0.15, 0.2) is 21.0 Å². The largest absolute Gasteiger partial charge is 0.499 e. The predicted octanol–water partition coefficient (Wildman–Crippen LogP) is 18.0. The molecule has 4 heterocycles. The maximum Gasteiger partial charge on any atom is 0.196 e. The molecule has 0 atom stereocenters. The molecule has 0 radical (unpaired) electrons. The fourth-order valence-electron chi connectivity index (χ4n) is 9.21. The van der Waals surface area contributed by atoms with E-state index in [0.717, 1.165) is 106 Å². The molecule has 0 spiro atoms. The van der Waals surface area contributed by atoms with Crippen molar-refractivity contribution in [1.29, 1.82) is 0 Å². The summed E-state index contributed by atoms with van der Waals surface area (Å²) >= 11 is 25.9. The summed E-state index contributed by atoms with van der Waals surface area (Å²) in [4.78, 5) is 33.2. The average molecular weight is 1120 g/mol. The van der Waals surface area contributed by atoms with Crippen LogP contribution in [-0.2, 0) is 0 Å². The Morgan fingerprint density at radius 1 is 0.463 bits per heavy atom. The molecule has 0 aliphatic rings. The second-order valence-electron chi connectivity index (χ2n) is 16.3. The van der Waals surface area contributed by atoms with Gasteiger partial charge in [0.25, 0.3) is 0 Å². The van der Waals surface area contributed by atoms with Crippen molar-refractivity contribution >= 4 is 141 Å². The lowest BCUT2D eigenvalue weighted by Gasteiger charge is -2.21. The topological polar surface area (TPSA) is 74.6 Å². The summed E-state index contributed by atoms with van der Waals surface area (Å²) in [5.74, 6) is -1.23. The van der Waals surface area contributed by atoms with Crippen LogP contribution in [0.5, 0.6) is 10.1 Å². The Balaban J connectivity index is 1.20. The fraction of sp³-hybridized carbons (Fsp3) is 0.0545. The molecule has 11 aromatic rings. The number of thiophene rings is 2. The first kappa shape index (κ1) is 44.4. The molecule has 0 saturated carbocycles. The van der Waals surface area contributed by atoms with E-state index in [1.807, 2.05) is 86.6 Å². The lowest BCUT2D eigenvalue weighted by atomic mass is 9.85. The van der Waals surface area contributed by atoms with Gasteiger partial charge < -0.3 is 10.2 Å². The highest BCUT2D eigenvalue weighted by atomic mass is 79.9. The Morgan fingerprint density at radius 2 is 0.866 bits per heavy atom. The van der Waals surface area contributed by atoms with E-state index in [1.165, 1.54) is 0 Å². The van der Waals surface area contributed by atoms with Gasteiger partial charge in [-0.2, -0.15) is 0 Å². The van der Waals surface area contributed by atoms with Gasteiger partial charge in [-0.1, -0.05) is 169 Å². The molecule has 0 bridgehead atoms. The number of aryl methyl sites for hydroxylation is 2. The second-order valence-corrected chi connectivity index (χ2v) is 23.0. The van der Waals surface area contributed by atoms with Crippen molar-refractivity contribution in [2.24, 2.45) is 0 Å². The van der Waals surface area contributed by atoms with Crippen molar-refractivity contribution in [3.05, 3.63) is 207 Å². The number of benzene rings is 7. The van der Waals surface area contributed by atoms with Gasteiger partial charge in [0, 0.05) is 70.2 Å². The lowest BCUT2D eigenvalue weighted by Crippen LogP contribution is -2.21. The molecule has 2 N–H and O–H groups in total. The molecule has 4 nitrogen and oxygen atoms in total. The summed E-state index contributed by atoms with van der Waals surface area (Å²) in [7, 11) is 0. The minimum Gasteiger partial charge on any atom is -0.499 e. The molecular formula is C55H32Br2Cl2O4S4. The third-order valence-electron chi connectivity index (χ3n) is 12.3. The van der Waals surface area contributed by atoms with Crippen LogP contribution in [0.1, 0.15) is 33.7 Å². The summed E-state index contributed by atoms with van der Waals surface area (Å²) in [5.41, 5.74) is 7.21. The lowest BCUT2D eigenvalue weighted by molar-refractivity contribution is 0.473. The van der Waals surface area contributed by atoms with Crippen molar-refractivity contribution < 1.29 is 10.2 Å². The quantitative estimate of drug-likeness (QED) is 0.167. The molecule has 67 heavy (non-hydrogen) atoms. The molecule has 0 fully saturated rings. The third kappa shape index (κ3) is 7.48. The van der Waals surface area contributed by atoms with E-state index >= 15 is 9.59 Å². The summed E-state index contributed by atoms with van der Waals surface area (Å²) in [6, 6.07) is 45.4. The Kier molecular flexibility index (Phi) is 11.5. The van der Waals surface area contributed by atoms with E-state index in [4.69, 9.17) is 23.2 Å². The minimum atomic E-state index is -1.23. The molecule has 0 amide bonds. The van der Waals surface area contributed by atoms with E-state index in [9.17, 15) is 10.2 Å². The SMILES string of the molecule is Cc1c2sc(-c3ccccc3)c(-c3ccc(Br)cc3)c2cc2c(=O)c(C(c3ccc(Cl)c(Cl)c3)c3c(O)sc4c(C)c5sc(-c6ccccc6)c(-c6ccc(Br)cc6)c5cc4c3=O)c(O)sc12. The maximum atomic E-state index is 15.5. The molecule has 12 heteroatoms. The zero-order valence-corrected chi connectivity index (χ0v) is 43.2. The number of aromatic hydroxyl groups is 2. The van der Waals surface area contributed by atoms with Crippen molar-refractivity contribution in [2.75, 3.05) is 0 Å². The number of rotatable bonds is 7. The standard InChI is InChI=1S/C55H32Br2Cl2O4S4/c1-26-48-35(41(28-13-18-33(56)19-14-28)52(64-48)30-9-5-3-6-10-30)24-37-46(60)44(54(62)66-50(26)37)43(32-17-22-39(58)40(59)23-32)45-47(61)38-25-36-42(29-15-20-34(57)21-16-29)53(31-11-7-4-8-12-31)65-49(36)27(2)51(38)67-55(45)63/h3-25,43,62-63H,1-2H3. The Labute approximate surface area is 426 Å². The first-order valence-corrected chi connectivity index (χ1v) is 26.6. The van der Waals surface area contributed by atoms with Crippen LogP contribution in [0.2, 0.25) is 10.0 Å². The van der Waals surface area contributed by atoms with Gasteiger partial charge in [-0.25, -0.2) is 0 Å². The van der Waals surface area contributed by atoms with E-state index in [-0.39, 0.29) is 31.3 Å². The van der Waals surface area contributed by atoms with Crippen LogP contribution in [0.15, 0.2) is 158 Å². The normalized spacial score (nSPS) is 11.8. The second kappa shape index (κ2) is 17.4. The fourth-order valence-corrected chi connectivity index (χ4v) is 14.9. The van der Waals surface area contributed by atoms with Gasteiger partial charge in [0.05, 0.1) is 27.1 Å². The molecule has 0 aliphatic carbocycles. The van der Waals surface area contributed by atoms with Crippen LogP contribution in [-0.4, -0.2) is 10.2 Å². The van der Waals surface area contributed by atoms with Crippen LogP contribution >= 0.6 is 100 Å². The van der Waals surface area contributed by atoms with Gasteiger partial charge in [-0.05, 0) is 101 Å². The van der Waals surface area contributed by atoms with Crippen LogP contribution in [0, 0.1) is 13.8 Å². The van der Waals surface area contributed by atoms with Crippen LogP contribution in [0.25, 0.3) is 83.5 Å². The highest BCUT2D eigenvalue weighted by molar-refractivity contribution is 9.10. The molecular weight excluding hydrogens is 1080 g/mol. The molecule has 328 valence electrons. The van der Waals surface area contributed by atoms with Crippen LogP contribution in [0.4, 0.5) is 0 Å². The van der Waals surface area contributed by atoms with E-state index in [1.54, 1.807) is 40.9 Å². The predicted molar refractivity (Wildman–Crippen MR) is 294 cm³/mol. The minimum absolute atomic E-state index is 0.0347. The molecule has 7 aromatic carbocycles. The first-order valence-electron chi connectivity index (χ1n) is 21.0. The summed E-state index contributed by atoms with van der Waals surface area (Å²) in [5, 5.41) is 27.1. The molecule has 4 aromatic heterocycles. The van der Waals surface area contributed by atoms with Gasteiger partial charge in [-0.3, -0.25) is 9.59 Å². The third-order valence-corrected chi connectivity index (χ3v) is 19.2. The molecule has 11 rings (SSSR count). The summed E-state index contributed by atoms with van der Waals surface area (Å²) in [6.45, 7) is 3.97. The van der Waals surface area contributed by atoms with Crippen LogP contribution in [0.3, 0.4) is 0 Å². The highest BCUT2D eigenvalue weighted by Crippen LogP contribution is 2.52. The van der Waals surface area contributed by atoms with E-state index in [0.29, 0.717) is 25.7 Å². The van der Waals surface area contributed by atoms with Crippen LogP contribution < -0.4 is 10.9 Å². The monoisotopic (exact) mass is 1110 g/mol. The smallest absolute Gasteiger partial charge is 0.196 e. The number of hydrogen-bond acceptors (Lipinski definition) is 8. The molecule has 0 unspecified atom stereocenters. The number of fused-ring (bicyclic) bond motifs is 4. The van der Waals surface area contributed by atoms with Crippen molar-refractivity contribution in [1.82, 2.24) is 0 Å². The maximum absolute atomic E-state index is 15.5. The molecule has 0 aliphatic heterocycles. The van der Waals surface area contributed by atoms with E-state index in [2.05, 4.69) is 80.4 Å². The average Bonchev–Trinajstić information content (AvgIpc) is 3.91. The number of halogens is 4. The Bertz CT molecular complexity index is 3710. The zero-order valence-electron chi connectivity index (χ0n) is 35.2. The van der Waals surface area contributed by atoms with Gasteiger partial charge in [0.1, 0.15) is 0 Å². The van der Waals surface area contributed by atoms with Gasteiger partial charge in [-0.15, -0.1) is 22.7 Å². The van der Waals surface area contributed by atoms with E-state index < -0.39 is 16.8 Å². The summed E-state index contributed by atoms with van der Waals surface area (Å²) < 4.78 is 5.15. The zero-order chi connectivity index (χ0) is 46.4. The number of hydrogen-bond donors (Lipinski definition) is 2. The van der Waals surface area contributed by atoms with Crippen molar-refractivity contribution in [3.63, 3.8) is 0 Å². The van der Waals surface area contributed by atoms with Gasteiger partial charge >= 0.3 is 0 Å².